The van der Waals surface area contributed by atoms with Crippen LogP contribution in [0, 0.1) is 13.8 Å². The van der Waals surface area contributed by atoms with E-state index in [-0.39, 0.29) is 5.91 Å². The number of pyridine rings is 1. The quantitative estimate of drug-likeness (QED) is 0.447. The number of halogens is 1. The Morgan fingerprint density at radius 2 is 1.88 bits per heavy atom. The number of carbonyl (C=O) groups excluding carboxylic acids is 1. The summed E-state index contributed by atoms with van der Waals surface area (Å²) in [6.07, 6.45) is 1.80. The number of benzene rings is 1. The fraction of sp³-hybridized carbons (Fsp3) is 0.280. The molecule has 0 bridgehead atoms. The van der Waals surface area contributed by atoms with E-state index in [2.05, 4.69) is 14.9 Å². The van der Waals surface area contributed by atoms with Gasteiger partial charge in [-0.05, 0) is 44.7 Å². The molecule has 0 saturated carbocycles. The number of carbonyl (C=O) groups is 1. The molecule has 1 aliphatic rings. The summed E-state index contributed by atoms with van der Waals surface area (Å²) in [5.41, 5.74) is 7.01. The smallest absolute Gasteiger partial charge is 0.254 e. The van der Waals surface area contributed by atoms with Crippen molar-refractivity contribution in [3.63, 3.8) is 0 Å². The van der Waals surface area contributed by atoms with Crippen molar-refractivity contribution in [1.29, 1.82) is 0 Å². The summed E-state index contributed by atoms with van der Waals surface area (Å²) < 4.78 is 1.79. The molecule has 1 aliphatic heterocycles. The molecular weight excluding hydrogens is 436 g/mol. The van der Waals surface area contributed by atoms with Crippen LogP contribution in [0.3, 0.4) is 0 Å². The molecular formula is C25H25ClN6O. The fourth-order valence-electron chi connectivity index (χ4n) is 4.41. The zero-order valence-corrected chi connectivity index (χ0v) is 19.7. The first-order valence-electron chi connectivity index (χ1n) is 10.9. The van der Waals surface area contributed by atoms with Gasteiger partial charge >= 0.3 is 0 Å². The van der Waals surface area contributed by atoms with E-state index in [1.807, 2.05) is 68.3 Å². The van der Waals surface area contributed by atoms with E-state index in [1.165, 1.54) is 0 Å². The van der Waals surface area contributed by atoms with E-state index in [9.17, 15) is 4.79 Å². The minimum Gasteiger partial charge on any atom is -0.328 e. The predicted octanol–water partition coefficient (Wildman–Crippen LogP) is 4.18. The second-order valence-corrected chi connectivity index (χ2v) is 8.95. The highest BCUT2D eigenvalue weighted by Crippen LogP contribution is 2.30. The molecule has 0 unspecified atom stereocenters. The Bertz CT molecular complexity index is 1350. The molecule has 4 heterocycles. The van der Waals surface area contributed by atoms with E-state index in [0.29, 0.717) is 31.2 Å². The maximum absolute atomic E-state index is 13.5. The first kappa shape index (κ1) is 21.6. The van der Waals surface area contributed by atoms with Gasteiger partial charge in [0.25, 0.3) is 5.91 Å². The Kier molecular flexibility index (Phi) is 5.60. The number of nitrogens with zero attached hydrogens (tertiary/aromatic N) is 6. The van der Waals surface area contributed by atoms with Crippen LogP contribution in [-0.4, -0.2) is 42.3 Å². The van der Waals surface area contributed by atoms with Crippen LogP contribution in [0.4, 0.5) is 0 Å². The first-order chi connectivity index (χ1) is 15.9. The Morgan fingerprint density at radius 3 is 2.67 bits per heavy atom. The van der Waals surface area contributed by atoms with E-state index in [0.717, 1.165) is 45.1 Å². The summed E-state index contributed by atoms with van der Waals surface area (Å²) in [5, 5.41) is 5.32. The van der Waals surface area contributed by atoms with Crippen molar-refractivity contribution in [3.05, 3.63) is 93.2 Å². The number of aryl methyl sites for hydroxylation is 2. The second kappa shape index (κ2) is 8.57. The van der Waals surface area contributed by atoms with Crippen molar-refractivity contribution in [3.8, 4) is 0 Å². The van der Waals surface area contributed by atoms with Crippen molar-refractivity contribution in [2.45, 2.75) is 40.0 Å². The van der Waals surface area contributed by atoms with Gasteiger partial charge in [-0.2, -0.15) is 5.10 Å². The molecule has 0 saturated heterocycles. The van der Waals surface area contributed by atoms with Crippen molar-refractivity contribution in [2.75, 3.05) is 7.05 Å². The lowest BCUT2D eigenvalue weighted by molar-refractivity contribution is 0.0747. The first-order valence-corrected chi connectivity index (χ1v) is 11.3. The van der Waals surface area contributed by atoms with Gasteiger partial charge in [0.1, 0.15) is 0 Å². The Labute approximate surface area is 197 Å². The lowest BCUT2D eigenvalue weighted by atomic mass is 10.1. The maximum atomic E-state index is 13.5. The van der Waals surface area contributed by atoms with Gasteiger partial charge in [0, 0.05) is 30.4 Å². The van der Waals surface area contributed by atoms with Gasteiger partial charge in [-0.1, -0.05) is 35.9 Å². The van der Waals surface area contributed by atoms with Gasteiger partial charge in [0.15, 0.2) is 5.65 Å². The summed E-state index contributed by atoms with van der Waals surface area (Å²) in [6, 6.07) is 13.7. The minimum absolute atomic E-state index is 0.00962. The second-order valence-electron chi connectivity index (χ2n) is 8.57. The summed E-state index contributed by atoms with van der Waals surface area (Å²) >= 11 is 6.35. The lowest BCUT2D eigenvalue weighted by Crippen LogP contribution is -2.28. The molecule has 0 N–H and O–H groups in total. The van der Waals surface area contributed by atoms with Gasteiger partial charge in [-0.3, -0.25) is 14.7 Å². The van der Waals surface area contributed by atoms with Crippen LogP contribution in [0.2, 0.25) is 5.02 Å². The summed E-state index contributed by atoms with van der Waals surface area (Å²) in [6.45, 7) is 6.15. The van der Waals surface area contributed by atoms with Crippen LogP contribution >= 0.6 is 11.6 Å². The molecule has 0 aliphatic carbocycles. The monoisotopic (exact) mass is 460 g/mol. The van der Waals surface area contributed by atoms with E-state index >= 15 is 0 Å². The number of rotatable bonds is 5. The number of amides is 1. The Hall–Kier alpha value is -3.29. The largest absolute Gasteiger partial charge is 0.328 e. The van der Waals surface area contributed by atoms with Crippen molar-refractivity contribution in [2.24, 2.45) is 0 Å². The predicted molar refractivity (Wildman–Crippen MR) is 127 cm³/mol. The van der Waals surface area contributed by atoms with Crippen molar-refractivity contribution >= 4 is 23.2 Å². The fourth-order valence-corrected chi connectivity index (χ4v) is 4.53. The summed E-state index contributed by atoms with van der Waals surface area (Å²) in [7, 11) is 2.04. The van der Waals surface area contributed by atoms with Crippen LogP contribution in [0.25, 0.3) is 5.65 Å². The molecule has 4 aromatic rings. The minimum atomic E-state index is 0.00962. The van der Waals surface area contributed by atoms with Crippen molar-refractivity contribution < 1.29 is 4.79 Å². The third-order valence-corrected chi connectivity index (χ3v) is 6.64. The van der Waals surface area contributed by atoms with Gasteiger partial charge < -0.3 is 4.90 Å². The van der Waals surface area contributed by atoms with Gasteiger partial charge in [-0.25, -0.2) is 9.50 Å². The lowest BCUT2D eigenvalue weighted by Gasteiger charge is -2.21. The standard InChI is InChI=1S/C25H25ClN6O/c1-16-23(26)17(2)32-24(28-16)21-14-31(15-22(21)29-32)25(33)20-10-5-4-8-18(20)12-30(3)13-19-9-6-7-11-27-19/h4-11H,12-15H2,1-3H3. The topological polar surface area (TPSA) is 66.6 Å². The van der Waals surface area contributed by atoms with Crippen LogP contribution in [-0.2, 0) is 26.2 Å². The highest BCUT2D eigenvalue weighted by atomic mass is 35.5. The zero-order chi connectivity index (χ0) is 23.1. The van der Waals surface area contributed by atoms with Crippen LogP contribution in [0.5, 0.6) is 0 Å². The third-order valence-electron chi connectivity index (χ3n) is 6.09. The molecule has 7 nitrogen and oxygen atoms in total. The molecule has 1 amide bonds. The molecule has 3 aromatic heterocycles. The molecule has 5 rings (SSSR count). The molecule has 0 spiro atoms. The highest BCUT2D eigenvalue weighted by Gasteiger charge is 2.31. The van der Waals surface area contributed by atoms with Crippen LogP contribution in [0.1, 0.15) is 44.3 Å². The molecule has 0 radical (unpaired) electrons. The molecule has 1 aromatic carbocycles. The molecule has 0 atom stereocenters. The summed E-state index contributed by atoms with van der Waals surface area (Å²) in [4.78, 5) is 26.6. The molecule has 168 valence electrons. The van der Waals surface area contributed by atoms with Gasteiger partial charge in [0.05, 0.1) is 40.9 Å². The Balaban J connectivity index is 1.37. The highest BCUT2D eigenvalue weighted by molar-refractivity contribution is 6.31. The number of hydrogen-bond donors (Lipinski definition) is 0. The average Bonchev–Trinajstić information content (AvgIpc) is 3.37. The molecule has 8 heteroatoms. The van der Waals surface area contributed by atoms with E-state index < -0.39 is 0 Å². The van der Waals surface area contributed by atoms with E-state index in [1.54, 1.807) is 10.7 Å². The maximum Gasteiger partial charge on any atom is 0.254 e. The normalized spacial score (nSPS) is 13.2. The average molecular weight is 461 g/mol. The Morgan fingerprint density at radius 1 is 1.09 bits per heavy atom. The van der Waals surface area contributed by atoms with Crippen LogP contribution in [0.15, 0.2) is 48.7 Å². The number of fused-ring (bicyclic) bond motifs is 3. The summed E-state index contributed by atoms with van der Waals surface area (Å²) in [5.74, 6) is 0.00962. The van der Waals surface area contributed by atoms with Crippen molar-refractivity contribution in [1.82, 2.24) is 29.4 Å². The van der Waals surface area contributed by atoms with Crippen LogP contribution < -0.4 is 0 Å². The SMILES string of the molecule is Cc1nc2c3c(nn2c(C)c1Cl)CN(C(=O)c1ccccc1CN(C)Cc1ccccn1)C3. The molecule has 33 heavy (non-hydrogen) atoms. The number of hydrogen-bond acceptors (Lipinski definition) is 5. The molecule has 0 fully saturated rings. The van der Waals surface area contributed by atoms with Gasteiger partial charge in [-0.15, -0.1) is 0 Å². The zero-order valence-electron chi connectivity index (χ0n) is 18.9. The van der Waals surface area contributed by atoms with E-state index in [4.69, 9.17) is 16.7 Å². The van der Waals surface area contributed by atoms with Gasteiger partial charge in [0.2, 0.25) is 0 Å². The number of aromatic nitrogens is 4. The third kappa shape index (κ3) is 3.98.